The van der Waals surface area contributed by atoms with Crippen LogP contribution in [-0.2, 0) is 7.05 Å². The highest BCUT2D eigenvalue weighted by Crippen LogP contribution is 2.35. The highest BCUT2D eigenvalue weighted by atomic mass is 35.5. The van der Waals surface area contributed by atoms with Crippen molar-refractivity contribution in [3.63, 3.8) is 0 Å². The third-order valence-corrected chi connectivity index (χ3v) is 4.44. The first-order valence-electron chi connectivity index (χ1n) is 7.85. The normalized spacial score (nSPS) is 10.7. The van der Waals surface area contributed by atoms with E-state index >= 15 is 0 Å². The van der Waals surface area contributed by atoms with Crippen molar-refractivity contribution in [1.82, 2.24) is 4.57 Å². The van der Waals surface area contributed by atoms with E-state index in [9.17, 15) is 4.79 Å². The molecule has 0 unspecified atom stereocenters. The topological polar surface area (TPSA) is 61.7 Å². The minimum Gasteiger partial charge on any atom is -0.496 e. The summed E-state index contributed by atoms with van der Waals surface area (Å²) in [6, 6.07) is 10.4. The van der Waals surface area contributed by atoms with Crippen LogP contribution in [0.2, 0.25) is 5.02 Å². The molecule has 136 valence electrons. The van der Waals surface area contributed by atoms with Crippen LogP contribution in [-0.4, -0.2) is 31.8 Å². The van der Waals surface area contributed by atoms with Crippen LogP contribution in [0.15, 0.2) is 36.4 Å². The number of anilines is 1. The molecule has 0 bridgehead atoms. The summed E-state index contributed by atoms with van der Waals surface area (Å²) in [6.07, 6.45) is 0. The summed E-state index contributed by atoms with van der Waals surface area (Å²) in [7, 11) is 6.51. The number of amides is 1. The summed E-state index contributed by atoms with van der Waals surface area (Å²) in [6.45, 7) is 0. The Morgan fingerprint density at radius 3 is 2.23 bits per heavy atom. The minimum absolute atomic E-state index is 0.298. The van der Waals surface area contributed by atoms with Gasteiger partial charge in [0, 0.05) is 17.5 Å². The number of nitrogens with zero attached hydrogens (tertiary/aromatic N) is 1. The second kappa shape index (κ2) is 7.17. The van der Waals surface area contributed by atoms with Gasteiger partial charge >= 0.3 is 0 Å². The Morgan fingerprint density at radius 2 is 1.58 bits per heavy atom. The molecule has 3 rings (SSSR count). The molecule has 0 saturated heterocycles. The standard InChI is InChI=1S/C19H19ClN2O4/c1-22-14(10-12-15(24-2)7-8-17(26-4)18(12)22)19(23)21-13-9-11(20)5-6-16(13)25-3/h5-10H,1-4H3,(H,21,23). The smallest absolute Gasteiger partial charge is 0.272 e. The molecule has 0 radical (unpaired) electrons. The van der Waals surface area contributed by atoms with E-state index in [0.29, 0.717) is 33.7 Å². The number of carbonyl (C=O) groups excluding carboxylic acids is 1. The van der Waals surface area contributed by atoms with E-state index in [-0.39, 0.29) is 5.91 Å². The molecular formula is C19H19ClN2O4. The molecule has 2 aromatic carbocycles. The highest BCUT2D eigenvalue weighted by molar-refractivity contribution is 6.31. The van der Waals surface area contributed by atoms with Crippen molar-refractivity contribution < 1.29 is 19.0 Å². The second-order valence-corrected chi connectivity index (χ2v) is 6.06. The van der Waals surface area contributed by atoms with Gasteiger partial charge in [0.2, 0.25) is 0 Å². The number of benzene rings is 2. The zero-order valence-electron chi connectivity index (χ0n) is 14.9. The first-order chi connectivity index (χ1) is 12.5. The Morgan fingerprint density at radius 1 is 0.962 bits per heavy atom. The molecule has 0 saturated carbocycles. The van der Waals surface area contributed by atoms with E-state index in [1.54, 1.807) is 50.1 Å². The summed E-state index contributed by atoms with van der Waals surface area (Å²) in [5.41, 5.74) is 1.72. The number of rotatable bonds is 5. The number of aryl methyl sites for hydroxylation is 1. The predicted molar refractivity (Wildman–Crippen MR) is 102 cm³/mol. The van der Waals surface area contributed by atoms with Crippen LogP contribution in [0.4, 0.5) is 5.69 Å². The quantitative estimate of drug-likeness (QED) is 0.730. The van der Waals surface area contributed by atoms with Gasteiger partial charge in [-0.2, -0.15) is 0 Å². The average molecular weight is 375 g/mol. The fourth-order valence-corrected chi connectivity index (χ4v) is 3.11. The van der Waals surface area contributed by atoms with Gasteiger partial charge in [-0.25, -0.2) is 0 Å². The largest absolute Gasteiger partial charge is 0.496 e. The van der Waals surface area contributed by atoms with E-state index in [1.165, 1.54) is 7.11 Å². The predicted octanol–water partition coefficient (Wildman–Crippen LogP) is 4.11. The lowest BCUT2D eigenvalue weighted by Gasteiger charge is -2.11. The number of hydrogen-bond acceptors (Lipinski definition) is 4. The van der Waals surface area contributed by atoms with Crippen LogP contribution >= 0.6 is 11.6 Å². The lowest BCUT2D eigenvalue weighted by Crippen LogP contribution is -2.16. The minimum atomic E-state index is -0.298. The van der Waals surface area contributed by atoms with Crippen molar-refractivity contribution in [2.75, 3.05) is 26.6 Å². The first-order valence-corrected chi connectivity index (χ1v) is 8.23. The molecule has 1 amide bonds. The third kappa shape index (κ3) is 3.04. The maximum atomic E-state index is 12.9. The third-order valence-electron chi connectivity index (χ3n) is 4.20. The lowest BCUT2D eigenvalue weighted by molar-refractivity contribution is 0.101. The van der Waals surface area contributed by atoms with Crippen molar-refractivity contribution in [2.45, 2.75) is 0 Å². The summed E-state index contributed by atoms with van der Waals surface area (Å²) in [4.78, 5) is 12.9. The lowest BCUT2D eigenvalue weighted by atomic mass is 10.2. The van der Waals surface area contributed by atoms with Crippen molar-refractivity contribution in [3.05, 3.63) is 47.1 Å². The van der Waals surface area contributed by atoms with E-state index in [1.807, 2.05) is 12.1 Å². The molecule has 0 aliphatic heterocycles. The Kier molecular flexibility index (Phi) is 4.95. The van der Waals surface area contributed by atoms with Crippen LogP contribution < -0.4 is 19.5 Å². The summed E-state index contributed by atoms with van der Waals surface area (Å²) >= 11 is 6.03. The van der Waals surface area contributed by atoms with Crippen molar-refractivity contribution in [2.24, 2.45) is 7.05 Å². The molecule has 0 aliphatic carbocycles. The summed E-state index contributed by atoms with van der Waals surface area (Å²) < 4.78 is 17.9. The maximum absolute atomic E-state index is 12.9. The first kappa shape index (κ1) is 17.9. The van der Waals surface area contributed by atoms with Gasteiger partial charge in [0.15, 0.2) is 0 Å². The maximum Gasteiger partial charge on any atom is 0.272 e. The molecule has 1 aromatic heterocycles. The molecule has 7 heteroatoms. The molecule has 0 aliphatic rings. The van der Waals surface area contributed by atoms with Crippen LogP contribution in [0, 0.1) is 0 Å². The average Bonchev–Trinajstić information content (AvgIpc) is 2.99. The molecule has 1 N–H and O–H groups in total. The zero-order chi connectivity index (χ0) is 18.8. The number of ether oxygens (including phenoxy) is 3. The Bertz CT molecular complexity index is 981. The fraction of sp³-hybridized carbons (Fsp3) is 0.211. The molecule has 3 aromatic rings. The Hall–Kier alpha value is -2.86. The van der Waals surface area contributed by atoms with Gasteiger partial charge in [0.25, 0.3) is 5.91 Å². The number of fused-ring (bicyclic) bond motifs is 1. The van der Waals surface area contributed by atoms with E-state index in [0.717, 1.165) is 10.9 Å². The number of carbonyl (C=O) groups is 1. The van der Waals surface area contributed by atoms with Gasteiger partial charge in [-0.1, -0.05) is 11.6 Å². The summed E-state index contributed by atoms with van der Waals surface area (Å²) in [5.74, 6) is 1.54. The van der Waals surface area contributed by atoms with Gasteiger partial charge < -0.3 is 24.1 Å². The highest BCUT2D eigenvalue weighted by Gasteiger charge is 2.20. The van der Waals surface area contributed by atoms with Crippen LogP contribution in [0.3, 0.4) is 0 Å². The van der Waals surface area contributed by atoms with Gasteiger partial charge in [-0.05, 0) is 36.4 Å². The SMILES string of the molecule is COc1ccc(Cl)cc1NC(=O)c1cc2c(OC)ccc(OC)c2n1C. The van der Waals surface area contributed by atoms with Crippen molar-refractivity contribution in [1.29, 1.82) is 0 Å². The zero-order valence-corrected chi connectivity index (χ0v) is 15.7. The molecule has 26 heavy (non-hydrogen) atoms. The van der Waals surface area contributed by atoms with Crippen molar-refractivity contribution >= 4 is 34.1 Å². The summed E-state index contributed by atoms with van der Waals surface area (Å²) in [5, 5.41) is 4.14. The number of nitrogens with one attached hydrogen (secondary N) is 1. The Labute approximate surface area is 156 Å². The van der Waals surface area contributed by atoms with Crippen molar-refractivity contribution in [3.8, 4) is 17.2 Å². The van der Waals surface area contributed by atoms with E-state index < -0.39 is 0 Å². The van der Waals surface area contributed by atoms with Gasteiger partial charge in [0.05, 0.1) is 32.5 Å². The molecule has 0 fully saturated rings. The van der Waals surface area contributed by atoms with Gasteiger partial charge in [-0.15, -0.1) is 0 Å². The number of aromatic nitrogens is 1. The fourth-order valence-electron chi connectivity index (χ4n) is 2.93. The van der Waals surface area contributed by atoms with Crippen LogP contribution in [0.25, 0.3) is 10.9 Å². The molecule has 0 spiro atoms. The molecule has 6 nitrogen and oxygen atoms in total. The monoisotopic (exact) mass is 374 g/mol. The molecule has 1 heterocycles. The second-order valence-electron chi connectivity index (χ2n) is 5.62. The number of hydrogen-bond donors (Lipinski definition) is 1. The van der Waals surface area contributed by atoms with E-state index in [4.69, 9.17) is 25.8 Å². The number of halogens is 1. The molecular weight excluding hydrogens is 356 g/mol. The molecule has 0 atom stereocenters. The Balaban J connectivity index is 2.07. The van der Waals surface area contributed by atoms with Gasteiger partial charge in [0.1, 0.15) is 22.9 Å². The van der Waals surface area contributed by atoms with Gasteiger partial charge in [-0.3, -0.25) is 4.79 Å². The van der Waals surface area contributed by atoms with Crippen LogP contribution in [0.5, 0.6) is 17.2 Å². The van der Waals surface area contributed by atoms with E-state index in [2.05, 4.69) is 5.32 Å². The number of methoxy groups -OCH3 is 3. The van der Waals surface area contributed by atoms with Crippen LogP contribution in [0.1, 0.15) is 10.5 Å².